The first-order chi connectivity index (χ1) is 20.6. The van der Waals surface area contributed by atoms with Crippen LogP contribution in [0.5, 0.6) is 5.75 Å². The minimum Gasteiger partial charge on any atom is -0.483 e. The number of benzene rings is 2. The number of H-pyrrole nitrogens is 1. The predicted molar refractivity (Wildman–Crippen MR) is 160 cm³/mol. The Morgan fingerprint density at radius 1 is 1.12 bits per heavy atom. The number of aliphatic carboxylic acids is 1. The van der Waals surface area contributed by atoms with E-state index in [4.69, 9.17) is 16.3 Å². The Hall–Kier alpha value is -3.61. The highest BCUT2D eigenvalue weighted by molar-refractivity contribution is 8.00. The maximum Gasteiger partial charge on any atom is 0.323 e. The third-order valence-corrected chi connectivity index (χ3v) is 12.0. The van der Waals surface area contributed by atoms with E-state index in [1.54, 1.807) is 18.2 Å². The molecule has 0 radical (unpaired) electrons. The van der Waals surface area contributed by atoms with E-state index in [1.165, 1.54) is 11.8 Å². The first kappa shape index (κ1) is 28.2. The standard InChI is InChI=1S/C30H26ClN3O7S2/c1-12-4-2-3-5-17(12)32-19(35)11-41-18-7-6-13(31)8-14(18)21-22-15-9-16(25(22)42-27-26(21)43-30(40)33-27)24-23(15)28(38)34(29(24)39)10-20(36)37/h2-8,15-16,21-25H,9-11H2,1H3,(H,32,35)(H,33,40)(H,36,37)/t15?,16?,21-,22?,23?,24?,25?/m1/s1. The monoisotopic (exact) mass is 639 g/mol. The van der Waals surface area contributed by atoms with Gasteiger partial charge in [0.2, 0.25) is 11.8 Å². The summed E-state index contributed by atoms with van der Waals surface area (Å²) in [7, 11) is 0. The highest BCUT2D eigenvalue weighted by atomic mass is 35.5. The topological polar surface area (TPSA) is 146 Å². The van der Waals surface area contributed by atoms with Gasteiger partial charge < -0.3 is 20.1 Å². The number of aryl methyl sites for hydroxylation is 1. The Kier molecular flexibility index (Phi) is 6.90. The normalized spacial score (nSPS) is 28.4. The molecule has 3 N–H and O–H groups in total. The fourth-order valence-corrected chi connectivity index (χ4v) is 10.7. The summed E-state index contributed by atoms with van der Waals surface area (Å²) in [5.41, 5.74) is 2.30. The molecule has 1 saturated heterocycles. The summed E-state index contributed by atoms with van der Waals surface area (Å²) in [6.45, 7) is 0.991. The van der Waals surface area contributed by atoms with Crippen molar-refractivity contribution in [2.45, 2.75) is 29.5 Å². The van der Waals surface area contributed by atoms with Gasteiger partial charge in [0.05, 0.1) is 16.9 Å². The zero-order valence-electron chi connectivity index (χ0n) is 22.7. The third-order valence-electron chi connectivity index (χ3n) is 9.19. The molecule has 2 aliphatic heterocycles. The molecule has 3 fully saturated rings. The van der Waals surface area contributed by atoms with Gasteiger partial charge >= 0.3 is 10.8 Å². The second-order valence-corrected chi connectivity index (χ2v) is 14.1. The molecule has 4 aliphatic rings. The average molecular weight is 640 g/mol. The number of amides is 3. The number of imide groups is 1. The lowest BCUT2D eigenvalue weighted by Crippen LogP contribution is -2.42. The number of rotatable bonds is 7. The Morgan fingerprint density at radius 2 is 1.86 bits per heavy atom. The van der Waals surface area contributed by atoms with Crippen LogP contribution < -0.4 is 14.9 Å². The SMILES string of the molecule is Cc1ccccc1NC(=O)COc1ccc(Cl)cc1[C@H]1c2sc(=O)[nH]c2SC2C3CC(C4C(=O)N(CC(=O)O)C(=O)C34)C21. The second-order valence-electron chi connectivity index (χ2n) is 11.5. The smallest absolute Gasteiger partial charge is 0.323 e. The van der Waals surface area contributed by atoms with Crippen molar-refractivity contribution in [1.29, 1.82) is 0 Å². The van der Waals surface area contributed by atoms with Gasteiger partial charge in [-0.25, -0.2) is 0 Å². The summed E-state index contributed by atoms with van der Waals surface area (Å²) in [6.07, 6.45) is 0.654. The fourth-order valence-electron chi connectivity index (χ4n) is 7.65. The Bertz CT molecular complexity index is 1750. The number of hydrogen-bond acceptors (Lipinski definition) is 8. The number of halogens is 1. The van der Waals surface area contributed by atoms with Gasteiger partial charge in [0, 0.05) is 32.3 Å². The quantitative estimate of drug-likeness (QED) is 0.329. The maximum absolute atomic E-state index is 13.5. The first-order valence-electron chi connectivity index (χ1n) is 13.9. The summed E-state index contributed by atoms with van der Waals surface area (Å²) < 4.78 is 6.10. The van der Waals surface area contributed by atoms with Gasteiger partial charge in [0.15, 0.2) is 6.61 Å². The van der Waals surface area contributed by atoms with Crippen molar-refractivity contribution in [3.05, 3.63) is 73.2 Å². The molecule has 2 saturated carbocycles. The molecule has 43 heavy (non-hydrogen) atoms. The van der Waals surface area contributed by atoms with Crippen LogP contribution in [0.3, 0.4) is 0 Å². The van der Waals surface area contributed by atoms with Gasteiger partial charge in [-0.2, -0.15) is 0 Å². The third kappa shape index (κ3) is 4.58. The molecule has 7 rings (SSSR count). The van der Waals surface area contributed by atoms with E-state index in [0.29, 0.717) is 33.5 Å². The molecule has 3 amide bonds. The van der Waals surface area contributed by atoms with Crippen LogP contribution in [-0.2, 0) is 19.2 Å². The van der Waals surface area contributed by atoms with Crippen molar-refractivity contribution < 1.29 is 29.0 Å². The van der Waals surface area contributed by atoms with E-state index in [2.05, 4.69) is 10.3 Å². The number of carbonyl (C=O) groups excluding carboxylic acids is 3. The lowest BCUT2D eigenvalue weighted by molar-refractivity contribution is -0.149. The summed E-state index contributed by atoms with van der Waals surface area (Å²) in [5.74, 6) is -4.04. The van der Waals surface area contributed by atoms with Gasteiger partial charge in [-0.3, -0.25) is 28.9 Å². The van der Waals surface area contributed by atoms with Crippen LogP contribution in [0.4, 0.5) is 5.69 Å². The van der Waals surface area contributed by atoms with E-state index in [9.17, 15) is 29.1 Å². The van der Waals surface area contributed by atoms with Gasteiger partial charge in [0.25, 0.3) is 5.91 Å². The molecule has 2 aromatic carbocycles. The van der Waals surface area contributed by atoms with E-state index >= 15 is 0 Å². The van der Waals surface area contributed by atoms with Gasteiger partial charge in [-0.1, -0.05) is 41.1 Å². The number of para-hydroxylation sites is 1. The van der Waals surface area contributed by atoms with E-state index in [1.807, 2.05) is 31.2 Å². The average Bonchev–Trinajstić information content (AvgIpc) is 3.69. The molecule has 222 valence electrons. The lowest BCUT2D eigenvalue weighted by Gasteiger charge is -2.43. The summed E-state index contributed by atoms with van der Waals surface area (Å²) >= 11 is 9.13. The van der Waals surface area contributed by atoms with Crippen LogP contribution in [0.25, 0.3) is 0 Å². The number of likely N-dealkylation sites (tertiary alicyclic amines) is 1. The molecule has 10 nitrogen and oxygen atoms in total. The molecule has 13 heteroatoms. The largest absolute Gasteiger partial charge is 0.483 e. The highest BCUT2D eigenvalue weighted by Gasteiger charge is 2.69. The lowest BCUT2D eigenvalue weighted by atomic mass is 9.68. The number of hydrogen-bond donors (Lipinski definition) is 3. The zero-order valence-corrected chi connectivity index (χ0v) is 25.1. The number of thiazole rings is 1. The van der Waals surface area contributed by atoms with Crippen molar-refractivity contribution in [2.24, 2.45) is 29.6 Å². The van der Waals surface area contributed by atoms with Gasteiger partial charge in [-0.05, 0) is 60.9 Å². The molecule has 3 heterocycles. The number of aromatic nitrogens is 1. The molecule has 1 aromatic heterocycles. The number of carboxylic acids is 1. The molecular formula is C30H26ClN3O7S2. The van der Waals surface area contributed by atoms with E-state index in [-0.39, 0.29) is 46.3 Å². The number of nitrogens with zero attached hydrogens (tertiary/aromatic N) is 1. The molecule has 6 unspecified atom stereocenters. The van der Waals surface area contributed by atoms with Gasteiger partial charge in [-0.15, -0.1) is 11.8 Å². The zero-order chi connectivity index (χ0) is 30.2. The van der Waals surface area contributed by atoms with Crippen LogP contribution in [0.1, 0.15) is 28.3 Å². The summed E-state index contributed by atoms with van der Waals surface area (Å²) in [4.78, 5) is 68.1. The minimum absolute atomic E-state index is 0.0910. The number of anilines is 1. The van der Waals surface area contributed by atoms with E-state index < -0.39 is 36.2 Å². The number of carbonyl (C=O) groups is 4. The first-order valence-corrected chi connectivity index (χ1v) is 15.9. The molecule has 2 bridgehead atoms. The number of thioether (sulfide) groups is 1. The van der Waals surface area contributed by atoms with Crippen LogP contribution in [0.2, 0.25) is 5.02 Å². The molecular weight excluding hydrogens is 614 g/mol. The van der Waals surface area contributed by atoms with Crippen molar-refractivity contribution in [3.63, 3.8) is 0 Å². The second kappa shape index (κ2) is 10.5. The predicted octanol–water partition coefficient (Wildman–Crippen LogP) is 3.97. The number of fused-ring (bicyclic) bond motifs is 9. The summed E-state index contributed by atoms with van der Waals surface area (Å²) in [6, 6.07) is 12.6. The Balaban J connectivity index is 1.24. The number of carboxylic acid groups (broad SMARTS) is 1. The van der Waals surface area contributed by atoms with Crippen LogP contribution in [0, 0.1) is 36.5 Å². The molecule has 3 aromatic rings. The number of nitrogens with one attached hydrogen (secondary N) is 2. The van der Waals surface area contributed by atoms with E-state index in [0.717, 1.165) is 26.7 Å². The fraction of sp³-hybridized carbons (Fsp3) is 0.367. The molecule has 0 spiro atoms. The van der Waals surface area contributed by atoms with Gasteiger partial charge in [0.1, 0.15) is 12.3 Å². The summed E-state index contributed by atoms with van der Waals surface area (Å²) in [5, 5.41) is 13.3. The number of ether oxygens (including phenoxy) is 1. The Morgan fingerprint density at radius 3 is 2.60 bits per heavy atom. The Labute approximate surface area is 258 Å². The van der Waals surface area contributed by atoms with Crippen molar-refractivity contribution >= 4 is 64.1 Å². The maximum atomic E-state index is 13.5. The highest BCUT2D eigenvalue weighted by Crippen LogP contribution is 2.69. The minimum atomic E-state index is -1.23. The number of aromatic amines is 1. The van der Waals surface area contributed by atoms with Crippen LogP contribution in [-0.4, -0.2) is 57.1 Å². The van der Waals surface area contributed by atoms with Crippen molar-refractivity contribution in [1.82, 2.24) is 9.88 Å². The van der Waals surface area contributed by atoms with Crippen molar-refractivity contribution in [2.75, 3.05) is 18.5 Å². The van der Waals surface area contributed by atoms with Crippen LogP contribution >= 0.6 is 34.7 Å². The molecule has 7 atom stereocenters. The van der Waals surface area contributed by atoms with Crippen molar-refractivity contribution in [3.8, 4) is 5.75 Å². The van der Waals surface area contributed by atoms with Crippen LogP contribution in [0.15, 0.2) is 52.3 Å². The molecule has 2 aliphatic carbocycles.